The van der Waals surface area contributed by atoms with E-state index in [4.69, 9.17) is 4.74 Å². The third-order valence-corrected chi connectivity index (χ3v) is 10.6. The molecule has 1 unspecified atom stereocenters. The summed E-state index contributed by atoms with van der Waals surface area (Å²) >= 11 is 1.34. The lowest BCUT2D eigenvalue weighted by molar-refractivity contribution is -0.118. The van der Waals surface area contributed by atoms with Gasteiger partial charge in [0, 0.05) is 39.8 Å². The summed E-state index contributed by atoms with van der Waals surface area (Å²) in [5.74, 6) is 0.688. The molecule has 0 radical (unpaired) electrons. The van der Waals surface area contributed by atoms with E-state index >= 15 is 0 Å². The summed E-state index contributed by atoms with van der Waals surface area (Å²) in [6, 6.07) is 10.7. The van der Waals surface area contributed by atoms with Gasteiger partial charge >= 0.3 is 0 Å². The Balaban J connectivity index is 1.33. The van der Waals surface area contributed by atoms with Gasteiger partial charge in [0.1, 0.15) is 16.2 Å². The number of benzene rings is 1. The van der Waals surface area contributed by atoms with Crippen LogP contribution < -0.4 is 10.6 Å². The summed E-state index contributed by atoms with van der Waals surface area (Å²) in [5, 5.41) is 6.75. The Morgan fingerprint density at radius 3 is 2.50 bits per heavy atom. The number of nitrogens with zero attached hydrogens (tertiary/aromatic N) is 4. The molecule has 2 aliphatic rings. The van der Waals surface area contributed by atoms with Crippen molar-refractivity contribution in [3.8, 4) is 0 Å². The first-order valence-electron chi connectivity index (χ1n) is 13.9. The van der Waals surface area contributed by atoms with Gasteiger partial charge in [0.05, 0.1) is 17.4 Å². The highest BCUT2D eigenvalue weighted by molar-refractivity contribution is 7.89. The fourth-order valence-electron chi connectivity index (χ4n) is 5.47. The zero-order valence-electron chi connectivity index (χ0n) is 23.1. The molecule has 12 heteroatoms. The molecule has 1 saturated heterocycles. The van der Waals surface area contributed by atoms with Crippen molar-refractivity contribution in [3.05, 3.63) is 42.0 Å². The molecule has 216 valence electrons. The van der Waals surface area contributed by atoms with E-state index in [2.05, 4.69) is 25.5 Å². The molecule has 0 spiro atoms. The zero-order chi connectivity index (χ0) is 28.1. The molecule has 1 atom stereocenters. The number of hydrogen-bond donors (Lipinski definition) is 2. The average Bonchev–Trinajstić information content (AvgIpc) is 3.61. The number of ether oxygens (including phenoxy) is 1. The molecule has 5 rings (SSSR count). The SMILES string of the molecule is COCCNc1ccc2nc(NC(=O)C(CC3CCCC3)c3ccc(S(=O)(=O)N4CCN(C)CC4)cc3)sc2n1. The van der Waals surface area contributed by atoms with Gasteiger partial charge in [0.15, 0.2) is 5.13 Å². The van der Waals surface area contributed by atoms with Crippen LogP contribution in [0.5, 0.6) is 0 Å². The highest BCUT2D eigenvalue weighted by Gasteiger charge is 2.30. The van der Waals surface area contributed by atoms with Crippen molar-refractivity contribution in [1.82, 2.24) is 19.2 Å². The minimum Gasteiger partial charge on any atom is -0.383 e. The van der Waals surface area contributed by atoms with Gasteiger partial charge in [-0.15, -0.1) is 0 Å². The first-order valence-corrected chi connectivity index (χ1v) is 16.2. The standard InChI is InChI=1S/C28H38N6O4S2/c1-33-14-16-34(17-15-33)40(36,37)22-9-7-21(8-10-22)23(19-20-5-3-4-6-20)26(35)32-28-30-24-11-12-25(29-13-18-38-2)31-27(24)39-28/h7-12,20,23H,3-6,13-19H2,1-2H3,(H,29,31)(H,30,32,35). The fourth-order valence-corrected chi connectivity index (χ4v) is 7.73. The number of hydrogen-bond acceptors (Lipinski definition) is 9. The van der Waals surface area contributed by atoms with Crippen molar-refractivity contribution >= 4 is 48.6 Å². The monoisotopic (exact) mass is 586 g/mol. The number of pyridine rings is 1. The number of rotatable bonds is 11. The summed E-state index contributed by atoms with van der Waals surface area (Å²) in [6.45, 7) is 3.62. The molecule has 1 aliphatic heterocycles. The van der Waals surface area contributed by atoms with E-state index in [9.17, 15) is 13.2 Å². The topological polar surface area (TPSA) is 117 Å². The Labute approximate surface area is 240 Å². The Morgan fingerprint density at radius 2 is 1.80 bits per heavy atom. The zero-order valence-corrected chi connectivity index (χ0v) is 24.8. The molecule has 1 aromatic carbocycles. The molecule has 2 fully saturated rings. The molecule has 40 heavy (non-hydrogen) atoms. The van der Waals surface area contributed by atoms with Gasteiger partial charge in [0.25, 0.3) is 0 Å². The van der Waals surface area contributed by atoms with Gasteiger partial charge in [-0.05, 0) is 49.2 Å². The largest absolute Gasteiger partial charge is 0.383 e. The summed E-state index contributed by atoms with van der Waals surface area (Å²) < 4.78 is 33.1. The van der Waals surface area contributed by atoms with Crippen LogP contribution in [-0.2, 0) is 19.6 Å². The molecule has 10 nitrogen and oxygen atoms in total. The summed E-state index contributed by atoms with van der Waals surface area (Å²) in [6.07, 6.45) is 5.33. The van der Waals surface area contributed by atoms with Gasteiger partial charge in [-0.25, -0.2) is 18.4 Å². The number of thiazole rings is 1. The van der Waals surface area contributed by atoms with Gasteiger partial charge < -0.3 is 20.3 Å². The van der Waals surface area contributed by atoms with Crippen molar-refractivity contribution in [1.29, 1.82) is 0 Å². The van der Waals surface area contributed by atoms with Crippen molar-refractivity contribution in [2.45, 2.75) is 42.9 Å². The molecular weight excluding hydrogens is 548 g/mol. The number of nitrogens with one attached hydrogen (secondary N) is 2. The Kier molecular flexibility index (Phi) is 9.31. The second-order valence-corrected chi connectivity index (χ2v) is 13.6. The van der Waals surface area contributed by atoms with Gasteiger partial charge in [0.2, 0.25) is 15.9 Å². The molecule has 3 heterocycles. The maximum atomic E-state index is 13.7. The summed E-state index contributed by atoms with van der Waals surface area (Å²) in [7, 11) is 0.0858. The third kappa shape index (κ3) is 6.80. The van der Waals surface area contributed by atoms with Crippen molar-refractivity contribution in [3.63, 3.8) is 0 Å². The second-order valence-electron chi connectivity index (χ2n) is 10.7. The van der Waals surface area contributed by atoms with Crippen LogP contribution in [0.15, 0.2) is 41.3 Å². The van der Waals surface area contributed by atoms with Crippen LogP contribution in [0.4, 0.5) is 10.9 Å². The van der Waals surface area contributed by atoms with Crippen molar-refractivity contribution in [2.75, 3.05) is 64.1 Å². The van der Waals surface area contributed by atoms with E-state index < -0.39 is 15.9 Å². The van der Waals surface area contributed by atoms with Crippen LogP contribution in [0, 0.1) is 5.92 Å². The maximum absolute atomic E-state index is 13.7. The number of carbonyl (C=O) groups excluding carboxylic acids is 1. The molecule has 0 bridgehead atoms. The van der Waals surface area contributed by atoms with Gasteiger partial charge in [-0.1, -0.05) is 49.2 Å². The van der Waals surface area contributed by atoms with Crippen LogP contribution in [-0.4, -0.2) is 87.0 Å². The van der Waals surface area contributed by atoms with Gasteiger partial charge in [-0.3, -0.25) is 4.79 Å². The first-order chi connectivity index (χ1) is 19.3. The maximum Gasteiger partial charge on any atom is 0.243 e. The van der Waals surface area contributed by atoms with Crippen molar-refractivity contribution < 1.29 is 17.9 Å². The fraction of sp³-hybridized carbons (Fsp3) is 0.536. The normalized spacial score (nSPS) is 18.2. The quantitative estimate of drug-likeness (QED) is 0.324. The Bertz CT molecular complexity index is 1400. The number of methoxy groups -OCH3 is 1. The van der Waals surface area contributed by atoms with E-state index in [1.165, 1.54) is 24.2 Å². The highest BCUT2D eigenvalue weighted by atomic mass is 32.2. The Hall–Kier alpha value is -2.64. The molecule has 1 amide bonds. The van der Waals surface area contributed by atoms with E-state index in [0.29, 0.717) is 50.4 Å². The van der Waals surface area contributed by atoms with Gasteiger partial charge in [-0.2, -0.15) is 4.31 Å². The molecule has 3 aromatic rings. The first kappa shape index (κ1) is 28.9. The van der Waals surface area contributed by atoms with E-state index in [1.54, 1.807) is 35.7 Å². The number of aromatic nitrogens is 2. The molecular formula is C28H38N6O4S2. The summed E-state index contributed by atoms with van der Waals surface area (Å²) in [5.41, 5.74) is 1.55. The lowest BCUT2D eigenvalue weighted by Crippen LogP contribution is -2.47. The van der Waals surface area contributed by atoms with Crippen LogP contribution in [0.3, 0.4) is 0 Å². The van der Waals surface area contributed by atoms with Crippen LogP contribution in [0.25, 0.3) is 10.3 Å². The lowest BCUT2D eigenvalue weighted by atomic mass is 9.87. The number of piperazine rings is 1. The molecule has 1 saturated carbocycles. The lowest BCUT2D eigenvalue weighted by Gasteiger charge is -2.31. The Morgan fingerprint density at radius 1 is 1.07 bits per heavy atom. The van der Waals surface area contributed by atoms with Crippen LogP contribution in [0.1, 0.15) is 43.6 Å². The van der Waals surface area contributed by atoms with E-state index in [-0.39, 0.29) is 10.8 Å². The van der Waals surface area contributed by atoms with Crippen molar-refractivity contribution in [2.24, 2.45) is 5.92 Å². The number of fused-ring (bicyclic) bond motifs is 1. The predicted octanol–water partition coefficient (Wildman–Crippen LogP) is 3.99. The average molecular weight is 587 g/mol. The van der Waals surface area contributed by atoms with Crippen LogP contribution in [0.2, 0.25) is 0 Å². The number of anilines is 2. The molecule has 1 aliphatic carbocycles. The number of likely N-dealkylation sites (N-methyl/N-ethyl adjacent to an activating group) is 1. The van der Waals surface area contributed by atoms with E-state index in [1.807, 2.05) is 19.2 Å². The predicted molar refractivity (Wildman–Crippen MR) is 158 cm³/mol. The number of sulfonamides is 1. The molecule has 2 aromatic heterocycles. The smallest absolute Gasteiger partial charge is 0.243 e. The number of carbonyl (C=O) groups is 1. The summed E-state index contributed by atoms with van der Waals surface area (Å²) in [4.78, 5) is 26.0. The second kappa shape index (κ2) is 12.9. The van der Waals surface area contributed by atoms with Crippen LogP contribution >= 0.6 is 11.3 Å². The van der Waals surface area contributed by atoms with E-state index in [0.717, 1.165) is 41.0 Å². The highest BCUT2D eigenvalue weighted by Crippen LogP contribution is 2.36. The minimum absolute atomic E-state index is 0.126. The number of amides is 1. The minimum atomic E-state index is -3.57. The molecule has 2 N–H and O–H groups in total. The third-order valence-electron chi connectivity index (χ3n) is 7.84.